The summed E-state index contributed by atoms with van der Waals surface area (Å²) in [5.74, 6) is -0.652. The van der Waals surface area contributed by atoms with Gasteiger partial charge in [0, 0.05) is 47.8 Å². The highest BCUT2D eigenvalue weighted by Crippen LogP contribution is 2.28. The van der Waals surface area contributed by atoms with Gasteiger partial charge < -0.3 is 15.0 Å². The molecule has 0 saturated heterocycles. The van der Waals surface area contributed by atoms with Crippen molar-refractivity contribution in [3.8, 4) is 0 Å². The van der Waals surface area contributed by atoms with Gasteiger partial charge in [0.2, 0.25) is 5.91 Å². The minimum Gasteiger partial charge on any atom is -0.444 e. The smallest absolute Gasteiger partial charge is 0.410 e. The fourth-order valence-corrected chi connectivity index (χ4v) is 3.41. The number of amides is 3. The zero-order valence-electron chi connectivity index (χ0n) is 19.4. The number of ether oxygens (including phenoxy) is 1. The molecular formula is C22H32N6O5. The van der Waals surface area contributed by atoms with Crippen molar-refractivity contribution in [3.05, 3.63) is 39.8 Å². The molecule has 180 valence electrons. The van der Waals surface area contributed by atoms with Crippen LogP contribution in [-0.2, 0) is 16.1 Å². The number of unbranched alkanes of at least 4 members (excludes halogenated alkanes) is 2. The fourth-order valence-electron chi connectivity index (χ4n) is 3.41. The van der Waals surface area contributed by atoms with Crippen molar-refractivity contribution in [2.45, 2.75) is 65.0 Å². The van der Waals surface area contributed by atoms with E-state index < -0.39 is 17.6 Å². The van der Waals surface area contributed by atoms with Gasteiger partial charge >= 0.3 is 6.09 Å². The van der Waals surface area contributed by atoms with E-state index in [2.05, 4.69) is 15.3 Å². The van der Waals surface area contributed by atoms with E-state index in [0.717, 1.165) is 6.42 Å². The molecule has 0 bridgehead atoms. The van der Waals surface area contributed by atoms with Gasteiger partial charge in [-0.15, -0.1) is 0 Å². The summed E-state index contributed by atoms with van der Waals surface area (Å²) in [7, 11) is 0. The number of hydrogen-bond donors (Lipinski definition) is 2. The van der Waals surface area contributed by atoms with Crippen LogP contribution in [0.1, 0.15) is 68.8 Å². The van der Waals surface area contributed by atoms with Crippen molar-refractivity contribution in [1.82, 2.24) is 9.96 Å². The summed E-state index contributed by atoms with van der Waals surface area (Å²) in [6.07, 6.45) is 2.49. The van der Waals surface area contributed by atoms with Crippen molar-refractivity contribution in [1.29, 1.82) is 0 Å². The molecule has 0 spiro atoms. The molecule has 0 radical (unpaired) electrons. The second-order valence-electron chi connectivity index (χ2n) is 8.83. The van der Waals surface area contributed by atoms with Crippen LogP contribution in [0.5, 0.6) is 0 Å². The number of azide groups is 1. The van der Waals surface area contributed by atoms with Crippen LogP contribution in [0.2, 0.25) is 0 Å². The maximum Gasteiger partial charge on any atom is 0.410 e. The van der Waals surface area contributed by atoms with Gasteiger partial charge in [0.25, 0.3) is 5.91 Å². The maximum atomic E-state index is 12.4. The lowest BCUT2D eigenvalue weighted by molar-refractivity contribution is -0.116. The number of benzene rings is 1. The minimum atomic E-state index is -0.604. The van der Waals surface area contributed by atoms with Crippen molar-refractivity contribution < 1.29 is 24.3 Å². The molecule has 2 N–H and O–H groups in total. The number of nitrogens with one attached hydrogen (secondary N) is 1. The number of hydrogen-bond acceptors (Lipinski definition) is 6. The summed E-state index contributed by atoms with van der Waals surface area (Å²) in [4.78, 5) is 41.0. The quantitative estimate of drug-likeness (QED) is 0.164. The van der Waals surface area contributed by atoms with E-state index in [4.69, 9.17) is 10.3 Å². The molecule has 2 rings (SSSR count). The van der Waals surface area contributed by atoms with Crippen molar-refractivity contribution in [2.24, 2.45) is 5.11 Å². The van der Waals surface area contributed by atoms with Crippen LogP contribution in [0.3, 0.4) is 0 Å². The highest BCUT2D eigenvalue weighted by Gasteiger charge is 2.28. The Kier molecular flexibility index (Phi) is 9.50. The third-order valence-electron chi connectivity index (χ3n) is 4.96. The van der Waals surface area contributed by atoms with E-state index >= 15 is 0 Å². The topological polar surface area (TPSA) is 148 Å². The summed E-state index contributed by atoms with van der Waals surface area (Å²) >= 11 is 0. The Morgan fingerprint density at radius 2 is 1.97 bits per heavy atom. The lowest BCUT2D eigenvalue weighted by Gasteiger charge is -2.27. The van der Waals surface area contributed by atoms with Gasteiger partial charge in [-0.3, -0.25) is 14.8 Å². The SMILES string of the molecule is CC(C)(C)OC(=O)N(CCCCCC(=O)Nc1cccc2c1CN(O)C2=O)CCCN=[N+]=[N-]. The Morgan fingerprint density at radius 1 is 1.24 bits per heavy atom. The van der Waals surface area contributed by atoms with E-state index in [9.17, 15) is 19.6 Å². The molecule has 0 saturated carbocycles. The number of anilines is 1. The average molecular weight is 461 g/mol. The second-order valence-corrected chi connectivity index (χ2v) is 8.83. The summed E-state index contributed by atoms with van der Waals surface area (Å²) in [6.45, 7) is 6.67. The molecule has 1 aliphatic heterocycles. The molecule has 11 nitrogen and oxygen atoms in total. The monoisotopic (exact) mass is 460 g/mol. The average Bonchev–Trinajstić information content (AvgIpc) is 3.03. The van der Waals surface area contributed by atoms with E-state index in [1.807, 2.05) is 0 Å². The molecule has 0 unspecified atom stereocenters. The standard InChI is InChI=1S/C22H32N6O5/c1-22(2,3)33-21(31)27(14-8-12-24-26-23)13-6-4-5-11-19(29)25-18-10-7-9-16-17(18)15-28(32)20(16)30/h7,9-10,32H,4-6,8,11-15H2,1-3H3,(H,25,29). The molecule has 11 heteroatoms. The molecule has 1 aromatic carbocycles. The van der Waals surface area contributed by atoms with Crippen LogP contribution in [0.15, 0.2) is 23.3 Å². The third-order valence-corrected chi connectivity index (χ3v) is 4.96. The van der Waals surface area contributed by atoms with Crippen molar-refractivity contribution >= 4 is 23.6 Å². The van der Waals surface area contributed by atoms with Crippen LogP contribution in [-0.4, -0.2) is 58.3 Å². The first-order chi connectivity index (χ1) is 15.6. The number of carbonyl (C=O) groups excluding carboxylic acids is 3. The Bertz CT molecular complexity index is 907. The van der Waals surface area contributed by atoms with E-state index in [1.165, 1.54) is 0 Å². The van der Waals surface area contributed by atoms with Crippen molar-refractivity contribution in [3.63, 3.8) is 0 Å². The summed E-state index contributed by atoms with van der Waals surface area (Å²) < 4.78 is 5.44. The molecule has 0 atom stereocenters. The zero-order valence-corrected chi connectivity index (χ0v) is 19.4. The highest BCUT2D eigenvalue weighted by molar-refractivity contribution is 6.01. The van der Waals surface area contributed by atoms with Crippen LogP contribution < -0.4 is 5.32 Å². The van der Waals surface area contributed by atoms with Gasteiger partial charge in [0.05, 0.1) is 6.54 Å². The fraction of sp³-hybridized carbons (Fsp3) is 0.591. The molecule has 0 fully saturated rings. The normalized spacial score (nSPS) is 12.7. The Hall–Kier alpha value is -3.30. The molecule has 1 aromatic rings. The molecule has 1 heterocycles. The lowest BCUT2D eigenvalue weighted by atomic mass is 10.1. The largest absolute Gasteiger partial charge is 0.444 e. The van der Waals surface area contributed by atoms with Gasteiger partial charge in [0.1, 0.15) is 5.60 Å². The third kappa shape index (κ3) is 8.28. The van der Waals surface area contributed by atoms with Crippen LogP contribution >= 0.6 is 0 Å². The highest BCUT2D eigenvalue weighted by atomic mass is 16.6. The Morgan fingerprint density at radius 3 is 2.67 bits per heavy atom. The number of hydroxylamine groups is 2. The van der Waals surface area contributed by atoms with E-state index in [1.54, 1.807) is 43.9 Å². The Balaban J connectivity index is 1.78. The van der Waals surface area contributed by atoms with Gasteiger partial charge in [0.15, 0.2) is 0 Å². The Labute approximate surface area is 193 Å². The molecule has 3 amide bonds. The summed E-state index contributed by atoms with van der Waals surface area (Å²) in [6, 6.07) is 4.99. The van der Waals surface area contributed by atoms with Gasteiger partial charge in [-0.2, -0.15) is 0 Å². The summed E-state index contributed by atoms with van der Waals surface area (Å²) in [5, 5.41) is 16.6. The predicted molar refractivity (Wildman–Crippen MR) is 122 cm³/mol. The lowest BCUT2D eigenvalue weighted by Crippen LogP contribution is -2.38. The molecule has 0 aromatic heterocycles. The van der Waals surface area contributed by atoms with Crippen LogP contribution in [0, 0.1) is 0 Å². The maximum absolute atomic E-state index is 12.4. The molecule has 33 heavy (non-hydrogen) atoms. The molecular weight excluding hydrogens is 428 g/mol. The first-order valence-electron chi connectivity index (χ1n) is 11.0. The minimum absolute atomic E-state index is 0.0464. The van der Waals surface area contributed by atoms with E-state index in [-0.39, 0.29) is 12.5 Å². The number of nitrogens with zero attached hydrogens (tertiary/aromatic N) is 5. The van der Waals surface area contributed by atoms with Gasteiger partial charge in [-0.1, -0.05) is 17.6 Å². The second kappa shape index (κ2) is 12.1. The summed E-state index contributed by atoms with van der Waals surface area (Å²) in [5.41, 5.74) is 9.31. The van der Waals surface area contributed by atoms with Crippen LogP contribution in [0.4, 0.5) is 10.5 Å². The number of rotatable bonds is 11. The predicted octanol–water partition coefficient (Wildman–Crippen LogP) is 4.47. The first kappa shape index (κ1) is 26.0. The number of carbonyl (C=O) groups is 3. The van der Waals surface area contributed by atoms with E-state index in [0.29, 0.717) is 67.2 Å². The van der Waals surface area contributed by atoms with Gasteiger partial charge in [-0.25, -0.2) is 9.86 Å². The van der Waals surface area contributed by atoms with Crippen LogP contribution in [0.25, 0.3) is 10.4 Å². The molecule has 1 aliphatic rings. The number of fused-ring (bicyclic) bond motifs is 1. The molecule has 0 aliphatic carbocycles. The zero-order chi connectivity index (χ0) is 24.4. The van der Waals surface area contributed by atoms with Crippen molar-refractivity contribution in [2.75, 3.05) is 25.0 Å². The van der Waals surface area contributed by atoms with Gasteiger partial charge in [-0.05, 0) is 57.7 Å². The first-order valence-corrected chi connectivity index (χ1v) is 11.0.